The smallest absolute Gasteiger partial charge is 0.201 e. The maximum atomic E-state index is 13.3. The summed E-state index contributed by atoms with van der Waals surface area (Å²) in [7, 11) is -3.71. The molecule has 0 saturated carbocycles. The topological polar surface area (TPSA) is 78.2 Å². The lowest BCUT2D eigenvalue weighted by Gasteiger charge is -2.19. The standard InChI is InChI=1S/C25H26ClNO4S/c1-16-6-13-22(17(2)27(16)29)24(28)23-14-20(26)10-7-18(23)15-32(30,31)21-11-8-19(9-12-21)25(3,4)5/h6-14H,15H2,1-5H3. The van der Waals surface area contributed by atoms with Crippen LogP contribution in [-0.4, -0.2) is 14.2 Å². The second-order valence-corrected chi connectivity index (χ2v) is 11.4. The number of benzene rings is 2. The minimum atomic E-state index is -3.71. The third-order valence-corrected chi connectivity index (χ3v) is 7.41. The fraction of sp³-hybridized carbons (Fsp3) is 0.280. The molecule has 0 aliphatic heterocycles. The van der Waals surface area contributed by atoms with Gasteiger partial charge in [0.2, 0.25) is 5.69 Å². The van der Waals surface area contributed by atoms with Crippen LogP contribution in [0.15, 0.2) is 59.5 Å². The molecule has 168 valence electrons. The van der Waals surface area contributed by atoms with Crippen molar-refractivity contribution in [1.29, 1.82) is 0 Å². The fourth-order valence-electron chi connectivity index (χ4n) is 3.49. The Hall–Kier alpha value is -2.70. The minimum Gasteiger partial charge on any atom is -0.618 e. The molecule has 0 radical (unpaired) electrons. The quantitative estimate of drug-likeness (QED) is 0.295. The highest BCUT2D eigenvalue weighted by Gasteiger charge is 2.25. The predicted molar refractivity (Wildman–Crippen MR) is 126 cm³/mol. The number of ketones is 1. The molecule has 0 spiro atoms. The molecule has 7 heteroatoms. The summed E-state index contributed by atoms with van der Waals surface area (Å²) in [4.78, 5) is 13.5. The number of sulfone groups is 1. The number of carbonyl (C=O) groups excluding carboxylic acids is 1. The first-order valence-electron chi connectivity index (χ1n) is 10.2. The van der Waals surface area contributed by atoms with Gasteiger partial charge in [-0.05, 0) is 46.9 Å². The summed E-state index contributed by atoms with van der Waals surface area (Å²) in [6.07, 6.45) is 0. The molecule has 0 atom stereocenters. The van der Waals surface area contributed by atoms with Crippen molar-refractivity contribution in [1.82, 2.24) is 0 Å². The molecule has 0 aliphatic rings. The molecule has 3 rings (SSSR count). The summed E-state index contributed by atoms with van der Waals surface area (Å²) in [6, 6.07) is 14.5. The van der Waals surface area contributed by atoms with Crippen LogP contribution in [0.2, 0.25) is 5.02 Å². The van der Waals surface area contributed by atoms with E-state index in [1.807, 2.05) is 12.1 Å². The second kappa shape index (κ2) is 8.68. The minimum absolute atomic E-state index is 0.0949. The van der Waals surface area contributed by atoms with Crippen LogP contribution in [0.4, 0.5) is 0 Å². The van der Waals surface area contributed by atoms with Gasteiger partial charge in [-0.15, -0.1) is 0 Å². The van der Waals surface area contributed by atoms with Crippen molar-refractivity contribution in [2.75, 3.05) is 0 Å². The Balaban J connectivity index is 2.02. The van der Waals surface area contributed by atoms with Crippen molar-refractivity contribution in [3.05, 3.63) is 98.5 Å². The van der Waals surface area contributed by atoms with E-state index in [1.165, 1.54) is 6.07 Å². The zero-order valence-electron chi connectivity index (χ0n) is 18.8. The summed E-state index contributed by atoms with van der Waals surface area (Å²) in [6.45, 7) is 9.38. The van der Waals surface area contributed by atoms with E-state index < -0.39 is 15.6 Å². The predicted octanol–water partition coefficient (Wildman–Crippen LogP) is 5.09. The van der Waals surface area contributed by atoms with Crippen molar-refractivity contribution in [2.24, 2.45) is 0 Å². The van der Waals surface area contributed by atoms with Crippen LogP contribution >= 0.6 is 11.6 Å². The number of carbonyl (C=O) groups is 1. The first kappa shape index (κ1) is 24.0. The highest BCUT2D eigenvalue weighted by Crippen LogP contribution is 2.27. The molecule has 0 bridgehead atoms. The van der Waals surface area contributed by atoms with E-state index in [1.54, 1.807) is 50.2 Å². The Labute approximate surface area is 194 Å². The van der Waals surface area contributed by atoms with Gasteiger partial charge < -0.3 is 5.21 Å². The lowest BCUT2D eigenvalue weighted by molar-refractivity contribution is -0.619. The summed E-state index contributed by atoms with van der Waals surface area (Å²) in [5.74, 6) is -0.801. The molecule has 0 N–H and O–H groups in total. The van der Waals surface area contributed by atoms with E-state index in [-0.39, 0.29) is 32.9 Å². The van der Waals surface area contributed by atoms with Gasteiger partial charge in [0.15, 0.2) is 21.3 Å². The molecular weight excluding hydrogens is 446 g/mol. The zero-order chi connectivity index (χ0) is 23.8. The van der Waals surface area contributed by atoms with Crippen molar-refractivity contribution in [3.63, 3.8) is 0 Å². The van der Waals surface area contributed by atoms with Crippen molar-refractivity contribution in [2.45, 2.75) is 50.7 Å². The molecule has 5 nitrogen and oxygen atoms in total. The number of rotatable bonds is 5. The first-order chi connectivity index (χ1) is 14.8. The third kappa shape index (κ3) is 4.87. The summed E-state index contributed by atoms with van der Waals surface area (Å²) in [5, 5.41) is 12.5. The van der Waals surface area contributed by atoms with E-state index in [9.17, 15) is 18.4 Å². The highest BCUT2D eigenvalue weighted by atomic mass is 35.5. The number of aryl methyl sites for hydroxylation is 1. The van der Waals surface area contributed by atoms with Gasteiger partial charge in [0.05, 0.1) is 16.2 Å². The molecule has 1 heterocycles. The molecule has 0 saturated heterocycles. The summed E-state index contributed by atoms with van der Waals surface area (Å²) >= 11 is 6.12. The van der Waals surface area contributed by atoms with Gasteiger partial charge in [-0.1, -0.05) is 50.6 Å². The van der Waals surface area contributed by atoms with Crippen LogP contribution in [0, 0.1) is 19.1 Å². The molecule has 0 aliphatic carbocycles. The van der Waals surface area contributed by atoms with Crippen molar-refractivity contribution < 1.29 is 17.9 Å². The van der Waals surface area contributed by atoms with Crippen LogP contribution in [-0.2, 0) is 21.0 Å². The van der Waals surface area contributed by atoms with E-state index >= 15 is 0 Å². The highest BCUT2D eigenvalue weighted by molar-refractivity contribution is 7.90. The van der Waals surface area contributed by atoms with Crippen LogP contribution in [0.3, 0.4) is 0 Å². The largest absolute Gasteiger partial charge is 0.618 e. The molecule has 2 aromatic carbocycles. The lowest BCUT2D eigenvalue weighted by Crippen LogP contribution is -2.35. The number of hydrogen-bond acceptors (Lipinski definition) is 4. The average Bonchev–Trinajstić information content (AvgIpc) is 2.72. The van der Waals surface area contributed by atoms with Crippen LogP contribution in [0.25, 0.3) is 0 Å². The fourth-order valence-corrected chi connectivity index (χ4v) is 5.04. The van der Waals surface area contributed by atoms with Gasteiger partial charge >= 0.3 is 0 Å². The van der Waals surface area contributed by atoms with Crippen molar-refractivity contribution >= 4 is 27.2 Å². The van der Waals surface area contributed by atoms with Crippen LogP contribution in [0.1, 0.15) is 59.2 Å². The van der Waals surface area contributed by atoms with Gasteiger partial charge in [0.25, 0.3) is 0 Å². The normalized spacial score (nSPS) is 12.1. The van der Waals surface area contributed by atoms with Gasteiger partial charge in [-0.2, -0.15) is 4.73 Å². The number of hydrogen-bond donors (Lipinski definition) is 0. The maximum Gasteiger partial charge on any atom is 0.201 e. The summed E-state index contributed by atoms with van der Waals surface area (Å²) in [5.41, 5.74) is 2.35. The van der Waals surface area contributed by atoms with E-state index in [0.29, 0.717) is 21.0 Å². The lowest BCUT2D eigenvalue weighted by atomic mass is 9.87. The number of pyridine rings is 1. The Morgan fingerprint density at radius 2 is 1.59 bits per heavy atom. The molecular formula is C25H26ClNO4S. The van der Waals surface area contributed by atoms with Gasteiger partial charge in [0.1, 0.15) is 0 Å². The summed E-state index contributed by atoms with van der Waals surface area (Å²) < 4.78 is 26.9. The molecule has 32 heavy (non-hydrogen) atoms. The van der Waals surface area contributed by atoms with Crippen LogP contribution in [0.5, 0.6) is 0 Å². The number of nitrogens with zero attached hydrogens (tertiary/aromatic N) is 1. The second-order valence-electron chi connectivity index (χ2n) is 8.93. The monoisotopic (exact) mass is 471 g/mol. The Kier molecular flexibility index (Phi) is 6.50. The van der Waals surface area contributed by atoms with Crippen molar-refractivity contribution in [3.8, 4) is 0 Å². The van der Waals surface area contributed by atoms with E-state index in [2.05, 4.69) is 20.8 Å². The van der Waals surface area contributed by atoms with Crippen LogP contribution < -0.4 is 4.73 Å². The SMILES string of the molecule is Cc1ccc(C(=O)c2cc(Cl)ccc2CS(=O)(=O)c2ccc(C(C)(C)C)cc2)c(C)[n+]1[O-]. The van der Waals surface area contributed by atoms with Gasteiger partial charge in [0, 0.05) is 30.5 Å². The molecule has 1 aromatic heterocycles. The average molecular weight is 472 g/mol. The number of halogens is 1. The third-order valence-electron chi connectivity index (χ3n) is 5.49. The maximum absolute atomic E-state index is 13.3. The Morgan fingerprint density at radius 1 is 0.969 bits per heavy atom. The Bertz CT molecular complexity index is 1290. The molecule has 0 amide bonds. The number of aromatic nitrogens is 1. The first-order valence-corrected chi connectivity index (χ1v) is 12.2. The van der Waals surface area contributed by atoms with Gasteiger partial charge in [-0.3, -0.25) is 4.79 Å². The van der Waals surface area contributed by atoms with E-state index in [4.69, 9.17) is 11.6 Å². The zero-order valence-corrected chi connectivity index (χ0v) is 20.3. The van der Waals surface area contributed by atoms with Gasteiger partial charge in [-0.25, -0.2) is 8.42 Å². The van der Waals surface area contributed by atoms with E-state index in [0.717, 1.165) is 5.56 Å². The molecule has 0 unspecified atom stereocenters. The molecule has 0 fully saturated rings. The molecule has 3 aromatic rings. The Morgan fingerprint density at radius 3 is 2.19 bits per heavy atom.